The van der Waals surface area contributed by atoms with Crippen LogP contribution in [0, 0.1) is 0 Å². The van der Waals surface area contributed by atoms with Crippen LogP contribution in [0.15, 0.2) is 18.2 Å². The van der Waals surface area contributed by atoms with Crippen LogP contribution in [0.25, 0.3) is 0 Å². The van der Waals surface area contributed by atoms with E-state index in [4.69, 9.17) is 4.74 Å². The van der Waals surface area contributed by atoms with Gasteiger partial charge in [-0.1, -0.05) is 12.1 Å². The zero-order valence-electron chi connectivity index (χ0n) is 11.8. The average molecular weight is 274 g/mol. The molecule has 20 heavy (non-hydrogen) atoms. The Balaban J connectivity index is 1.59. The predicted molar refractivity (Wildman–Crippen MR) is 79.2 cm³/mol. The number of aryl methyl sites for hydroxylation is 1. The molecule has 1 fully saturated rings. The highest BCUT2D eigenvalue weighted by atomic mass is 16.5. The summed E-state index contributed by atoms with van der Waals surface area (Å²) in [7, 11) is 0. The summed E-state index contributed by atoms with van der Waals surface area (Å²) < 4.78 is 5.57. The number of rotatable bonds is 4. The van der Waals surface area contributed by atoms with Crippen LogP contribution in [0.1, 0.15) is 41.6 Å². The topological polar surface area (TPSA) is 50.4 Å². The number of para-hydroxylation sites is 1. The molecule has 0 aliphatic carbocycles. The molecule has 2 aliphatic rings. The van der Waals surface area contributed by atoms with Gasteiger partial charge in [0, 0.05) is 19.7 Å². The highest BCUT2D eigenvalue weighted by Gasteiger charge is 2.18. The number of anilines is 1. The lowest BCUT2D eigenvalue weighted by molar-refractivity contribution is 0.0907. The molecular formula is C16H22N2O2. The summed E-state index contributed by atoms with van der Waals surface area (Å²) in [5, 5.41) is 6.38. The molecular weight excluding hydrogens is 252 g/mol. The lowest BCUT2D eigenvalue weighted by atomic mass is 9.99. The fraction of sp³-hybridized carbons (Fsp3) is 0.562. The third-order valence-electron chi connectivity index (χ3n) is 4.10. The predicted octanol–water partition coefficient (Wildman–Crippen LogP) is 2.34. The maximum absolute atomic E-state index is 12.3. The summed E-state index contributed by atoms with van der Waals surface area (Å²) in [6.45, 7) is 2.51. The molecule has 0 radical (unpaired) electrons. The van der Waals surface area contributed by atoms with Crippen molar-refractivity contribution in [3.05, 3.63) is 29.3 Å². The van der Waals surface area contributed by atoms with Gasteiger partial charge in [-0.05, 0) is 43.7 Å². The summed E-state index contributed by atoms with van der Waals surface area (Å²) in [5.74, 6) is 0.0225. The van der Waals surface area contributed by atoms with Crippen LogP contribution in [-0.2, 0) is 11.2 Å². The van der Waals surface area contributed by atoms with Gasteiger partial charge in [0.15, 0.2) is 0 Å². The van der Waals surface area contributed by atoms with Crippen LogP contribution in [0.4, 0.5) is 5.69 Å². The molecule has 0 aromatic heterocycles. The van der Waals surface area contributed by atoms with Crippen LogP contribution >= 0.6 is 0 Å². The van der Waals surface area contributed by atoms with Gasteiger partial charge >= 0.3 is 0 Å². The Morgan fingerprint density at radius 1 is 1.40 bits per heavy atom. The summed E-state index contributed by atoms with van der Waals surface area (Å²) in [5.41, 5.74) is 3.05. The van der Waals surface area contributed by atoms with E-state index in [1.807, 2.05) is 12.1 Å². The van der Waals surface area contributed by atoms with Crippen molar-refractivity contribution in [1.82, 2.24) is 5.32 Å². The van der Waals surface area contributed by atoms with Crippen molar-refractivity contribution in [2.45, 2.75) is 38.2 Å². The zero-order chi connectivity index (χ0) is 13.8. The van der Waals surface area contributed by atoms with E-state index in [1.165, 1.54) is 5.56 Å². The summed E-state index contributed by atoms with van der Waals surface area (Å²) in [6, 6.07) is 5.98. The minimum Gasteiger partial charge on any atom is -0.384 e. The van der Waals surface area contributed by atoms with Crippen molar-refractivity contribution in [2.75, 3.05) is 25.0 Å². The Bertz CT molecular complexity index is 481. The number of carbonyl (C=O) groups is 1. The molecule has 0 spiro atoms. The molecule has 1 atom stereocenters. The quantitative estimate of drug-likeness (QED) is 0.886. The van der Waals surface area contributed by atoms with Crippen molar-refractivity contribution < 1.29 is 9.53 Å². The standard InChI is InChI=1S/C16H22N2O2/c19-16(18-10-8-13-6-3-11-20-13)14-7-1-4-12-5-2-9-17-15(12)14/h1,4,7,13,17H,2-3,5-6,8-11H2,(H,18,19). The molecule has 2 aliphatic heterocycles. The molecule has 1 saturated heterocycles. The van der Waals surface area contributed by atoms with Gasteiger partial charge < -0.3 is 15.4 Å². The monoisotopic (exact) mass is 274 g/mol. The van der Waals surface area contributed by atoms with Gasteiger partial charge in [0.05, 0.1) is 17.4 Å². The molecule has 0 bridgehead atoms. The van der Waals surface area contributed by atoms with Crippen molar-refractivity contribution in [3.8, 4) is 0 Å². The zero-order valence-corrected chi connectivity index (χ0v) is 11.8. The lowest BCUT2D eigenvalue weighted by Gasteiger charge is -2.21. The van der Waals surface area contributed by atoms with Crippen LogP contribution in [0.2, 0.25) is 0 Å². The first kappa shape index (κ1) is 13.4. The summed E-state index contributed by atoms with van der Waals surface area (Å²) in [4.78, 5) is 12.3. The number of nitrogens with one attached hydrogen (secondary N) is 2. The largest absolute Gasteiger partial charge is 0.384 e. The second kappa shape index (κ2) is 6.27. The Hall–Kier alpha value is -1.55. The second-order valence-electron chi connectivity index (χ2n) is 5.55. The first-order chi connectivity index (χ1) is 9.84. The Morgan fingerprint density at radius 2 is 2.35 bits per heavy atom. The number of benzene rings is 1. The first-order valence-corrected chi connectivity index (χ1v) is 7.60. The van der Waals surface area contributed by atoms with Gasteiger partial charge in [-0.3, -0.25) is 4.79 Å². The Morgan fingerprint density at radius 3 is 3.20 bits per heavy atom. The number of fused-ring (bicyclic) bond motifs is 1. The maximum atomic E-state index is 12.3. The van der Waals surface area contributed by atoms with E-state index >= 15 is 0 Å². The van der Waals surface area contributed by atoms with Crippen molar-refractivity contribution >= 4 is 11.6 Å². The molecule has 1 aromatic rings. The van der Waals surface area contributed by atoms with E-state index in [9.17, 15) is 4.79 Å². The van der Waals surface area contributed by atoms with E-state index in [0.29, 0.717) is 12.6 Å². The number of carbonyl (C=O) groups excluding carboxylic acids is 1. The van der Waals surface area contributed by atoms with Gasteiger partial charge in [-0.15, -0.1) is 0 Å². The van der Waals surface area contributed by atoms with Crippen LogP contribution in [0.5, 0.6) is 0 Å². The third kappa shape index (κ3) is 2.96. The SMILES string of the molecule is O=C(NCCC1CCCO1)c1cccc2c1NCCC2. The maximum Gasteiger partial charge on any atom is 0.253 e. The van der Waals surface area contributed by atoms with Gasteiger partial charge in [0.25, 0.3) is 5.91 Å². The normalized spacial score (nSPS) is 21.1. The molecule has 2 N–H and O–H groups in total. The summed E-state index contributed by atoms with van der Waals surface area (Å²) >= 11 is 0. The highest BCUT2D eigenvalue weighted by Crippen LogP contribution is 2.26. The van der Waals surface area contributed by atoms with Crippen LogP contribution in [-0.4, -0.2) is 31.7 Å². The minimum absolute atomic E-state index is 0.0225. The van der Waals surface area contributed by atoms with E-state index in [2.05, 4.69) is 16.7 Å². The van der Waals surface area contributed by atoms with E-state index in [-0.39, 0.29) is 5.91 Å². The van der Waals surface area contributed by atoms with Gasteiger partial charge in [-0.25, -0.2) is 0 Å². The van der Waals surface area contributed by atoms with Gasteiger partial charge in [0.1, 0.15) is 0 Å². The highest BCUT2D eigenvalue weighted by molar-refractivity contribution is 6.00. The molecule has 4 nitrogen and oxygen atoms in total. The number of hydrogen-bond acceptors (Lipinski definition) is 3. The Labute approximate surface area is 119 Å². The number of amides is 1. The Kier molecular flexibility index (Phi) is 4.21. The van der Waals surface area contributed by atoms with Crippen molar-refractivity contribution in [2.24, 2.45) is 0 Å². The molecule has 1 amide bonds. The lowest BCUT2D eigenvalue weighted by Crippen LogP contribution is -2.28. The fourth-order valence-electron chi connectivity index (χ4n) is 3.01. The van der Waals surface area contributed by atoms with Crippen molar-refractivity contribution in [3.63, 3.8) is 0 Å². The van der Waals surface area contributed by atoms with Gasteiger partial charge in [-0.2, -0.15) is 0 Å². The molecule has 2 heterocycles. The average Bonchev–Trinajstić information content (AvgIpc) is 3.00. The summed E-state index contributed by atoms with van der Waals surface area (Å²) in [6.07, 6.45) is 5.70. The van der Waals surface area contributed by atoms with E-state index in [0.717, 1.165) is 56.5 Å². The number of hydrogen-bond donors (Lipinski definition) is 2. The smallest absolute Gasteiger partial charge is 0.253 e. The second-order valence-corrected chi connectivity index (χ2v) is 5.55. The van der Waals surface area contributed by atoms with E-state index < -0.39 is 0 Å². The molecule has 108 valence electrons. The van der Waals surface area contributed by atoms with Crippen LogP contribution in [0.3, 0.4) is 0 Å². The minimum atomic E-state index is 0.0225. The molecule has 1 aromatic carbocycles. The van der Waals surface area contributed by atoms with Gasteiger partial charge in [0.2, 0.25) is 0 Å². The van der Waals surface area contributed by atoms with Crippen LogP contribution < -0.4 is 10.6 Å². The molecule has 3 rings (SSSR count). The number of ether oxygens (including phenoxy) is 1. The fourth-order valence-corrected chi connectivity index (χ4v) is 3.01. The molecule has 0 saturated carbocycles. The van der Waals surface area contributed by atoms with E-state index in [1.54, 1.807) is 0 Å². The third-order valence-corrected chi connectivity index (χ3v) is 4.10. The molecule has 4 heteroatoms. The molecule has 1 unspecified atom stereocenters. The first-order valence-electron chi connectivity index (χ1n) is 7.60. The van der Waals surface area contributed by atoms with Crippen molar-refractivity contribution in [1.29, 1.82) is 0 Å².